The van der Waals surface area contributed by atoms with Gasteiger partial charge in [-0.05, 0) is 23.8 Å². The summed E-state index contributed by atoms with van der Waals surface area (Å²) < 4.78 is 57.0. The smallest absolute Gasteiger partial charge is 0.419 e. The molecular weight excluding hydrogens is 288 g/mol. The molecule has 0 aliphatic heterocycles. The molecule has 2 aromatic rings. The van der Waals surface area contributed by atoms with E-state index < -0.39 is 17.6 Å². The van der Waals surface area contributed by atoms with Gasteiger partial charge in [-0.3, -0.25) is 4.98 Å². The first-order chi connectivity index (χ1) is 9.90. The third-order valence-electron chi connectivity index (χ3n) is 2.74. The van der Waals surface area contributed by atoms with E-state index in [1.165, 1.54) is 18.3 Å². The van der Waals surface area contributed by atoms with Crippen LogP contribution >= 0.6 is 0 Å². The number of hydrogen-bond acceptors (Lipinski definition) is 3. The van der Waals surface area contributed by atoms with Gasteiger partial charge in [-0.15, -0.1) is 0 Å². The lowest BCUT2D eigenvalue weighted by atomic mass is 10.1. The lowest BCUT2D eigenvalue weighted by molar-refractivity contribution is -0.139. The zero-order valence-electron chi connectivity index (χ0n) is 10.8. The summed E-state index contributed by atoms with van der Waals surface area (Å²) in [6.45, 7) is -0.215. The first kappa shape index (κ1) is 15.2. The van der Waals surface area contributed by atoms with Crippen molar-refractivity contribution in [1.29, 1.82) is 0 Å². The zero-order valence-corrected chi connectivity index (χ0v) is 10.8. The normalized spacial score (nSPS) is 11.5. The Morgan fingerprint density at radius 2 is 1.86 bits per heavy atom. The SMILES string of the molecule is NCc1ccc(OCc2cncc(F)c2)c(C(F)(F)F)c1. The second kappa shape index (κ2) is 6.09. The Morgan fingerprint density at radius 1 is 1.10 bits per heavy atom. The Kier molecular flexibility index (Phi) is 4.42. The average molecular weight is 300 g/mol. The van der Waals surface area contributed by atoms with Crippen LogP contribution in [0.25, 0.3) is 0 Å². The van der Waals surface area contributed by atoms with Crippen LogP contribution in [0.4, 0.5) is 17.6 Å². The van der Waals surface area contributed by atoms with E-state index in [1.54, 1.807) is 0 Å². The van der Waals surface area contributed by atoms with Gasteiger partial charge >= 0.3 is 6.18 Å². The fourth-order valence-corrected chi connectivity index (χ4v) is 1.75. The highest BCUT2D eigenvalue weighted by molar-refractivity contribution is 5.39. The molecule has 0 saturated carbocycles. The zero-order chi connectivity index (χ0) is 15.5. The van der Waals surface area contributed by atoms with E-state index in [0.717, 1.165) is 18.3 Å². The quantitative estimate of drug-likeness (QED) is 0.882. The van der Waals surface area contributed by atoms with E-state index in [0.29, 0.717) is 11.1 Å². The molecular formula is C14H12F4N2O. The molecule has 0 unspecified atom stereocenters. The van der Waals surface area contributed by atoms with Crippen molar-refractivity contribution in [2.24, 2.45) is 5.73 Å². The predicted octanol–water partition coefficient (Wildman–Crippen LogP) is 3.28. The van der Waals surface area contributed by atoms with E-state index in [9.17, 15) is 17.6 Å². The Labute approximate surface area is 118 Å². The Balaban J connectivity index is 2.23. The summed E-state index contributed by atoms with van der Waals surface area (Å²) in [6, 6.07) is 4.75. The molecule has 1 heterocycles. The molecule has 0 amide bonds. The van der Waals surface area contributed by atoms with Crippen molar-refractivity contribution < 1.29 is 22.3 Å². The number of benzene rings is 1. The van der Waals surface area contributed by atoms with Crippen LogP contribution in [0.15, 0.2) is 36.7 Å². The maximum Gasteiger partial charge on any atom is 0.419 e. The minimum atomic E-state index is -4.55. The van der Waals surface area contributed by atoms with Crippen LogP contribution in [0, 0.1) is 5.82 Å². The molecule has 0 aliphatic carbocycles. The summed E-state index contributed by atoms with van der Waals surface area (Å²) in [5.41, 5.74) is 5.12. The van der Waals surface area contributed by atoms with Crippen LogP contribution in [0.2, 0.25) is 0 Å². The third kappa shape index (κ3) is 3.91. The van der Waals surface area contributed by atoms with Crippen LogP contribution in [-0.2, 0) is 19.3 Å². The molecule has 3 nitrogen and oxygen atoms in total. The summed E-state index contributed by atoms with van der Waals surface area (Å²) in [4.78, 5) is 3.60. The first-order valence-electron chi connectivity index (χ1n) is 6.02. The van der Waals surface area contributed by atoms with Crippen LogP contribution in [0.5, 0.6) is 5.75 Å². The maximum absolute atomic E-state index is 13.0. The fraction of sp³-hybridized carbons (Fsp3) is 0.214. The number of nitrogens with zero attached hydrogens (tertiary/aromatic N) is 1. The molecule has 0 spiro atoms. The van der Waals surface area contributed by atoms with Crippen molar-refractivity contribution in [3.05, 3.63) is 59.2 Å². The molecule has 0 radical (unpaired) electrons. The van der Waals surface area contributed by atoms with Gasteiger partial charge in [0.15, 0.2) is 0 Å². The van der Waals surface area contributed by atoms with E-state index >= 15 is 0 Å². The van der Waals surface area contributed by atoms with Crippen LogP contribution < -0.4 is 10.5 Å². The minimum absolute atomic E-state index is 0.00280. The average Bonchev–Trinajstić information content (AvgIpc) is 2.44. The molecule has 112 valence electrons. The number of aromatic nitrogens is 1. The molecule has 1 aromatic heterocycles. The highest BCUT2D eigenvalue weighted by Crippen LogP contribution is 2.37. The number of alkyl halides is 3. The van der Waals surface area contributed by atoms with Gasteiger partial charge in [0, 0.05) is 18.3 Å². The molecule has 21 heavy (non-hydrogen) atoms. The summed E-state index contributed by atoms with van der Waals surface area (Å²) in [5.74, 6) is -0.908. The van der Waals surface area contributed by atoms with Gasteiger partial charge in [0.05, 0.1) is 11.8 Å². The highest BCUT2D eigenvalue weighted by atomic mass is 19.4. The van der Waals surface area contributed by atoms with Gasteiger partial charge < -0.3 is 10.5 Å². The molecule has 1 aromatic carbocycles. The van der Waals surface area contributed by atoms with E-state index in [2.05, 4.69) is 4.98 Å². The largest absolute Gasteiger partial charge is 0.488 e. The number of nitrogens with two attached hydrogens (primary N) is 1. The van der Waals surface area contributed by atoms with Crippen LogP contribution in [0.3, 0.4) is 0 Å². The van der Waals surface area contributed by atoms with Crippen LogP contribution in [0.1, 0.15) is 16.7 Å². The standard InChI is InChI=1S/C14H12F4N2O/c15-11-3-10(6-20-7-11)8-21-13-2-1-9(5-19)4-12(13)14(16,17)18/h1-4,6-7H,5,8,19H2. The fourth-order valence-electron chi connectivity index (χ4n) is 1.75. The monoisotopic (exact) mass is 300 g/mol. The highest BCUT2D eigenvalue weighted by Gasteiger charge is 2.34. The van der Waals surface area contributed by atoms with Gasteiger partial charge in [-0.2, -0.15) is 13.2 Å². The van der Waals surface area contributed by atoms with Crippen molar-refractivity contribution in [2.75, 3.05) is 0 Å². The van der Waals surface area contributed by atoms with E-state index in [4.69, 9.17) is 10.5 Å². The first-order valence-corrected chi connectivity index (χ1v) is 6.02. The molecule has 0 bridgehead atoms. The molecule has 0 saturated heterocycles. The summed E-state index contributed by atoms with van der Waals surface area (Å²) >= 11 is 0. The topological polar surface area (TPSA) is 48.1 Å². The van der Waals surface area contributed by atoms with Gasteiger partial charge in [0.25, 0.3) is 0 Å². The van der Waals surface area contributed by atoms with Gasteiger partial charge in [0.1, 0.15) is 18.2 Å². The molecule has 0 atom stereocenters. The van der Waals surface area contributed by atoms with Gasteiger partial charge in [-0.25, -0.2) is 4.39 Å². The number of ether oxygens (including phenoxy) is 1. The van der Waals surface area contributed by atoms with Crippen molar-refractivity contribution in [3.63, 3.8) is 0 Å². The third-order valence-corrected chi connectivity index (χ3v) is 2.74. The van der Waals surface area contributed by atoms with Crippen molar-refractivity contribution in [1.82, 2.24) is 4.98 Å². The van der Waals surface area contributed by atoms with Gasteiger partial charge in [-0.1, -0.05) is 6.07 Å². The number of pyridine rings is 1. The lowest BCUT2D eigenvalue weighted by Gasteiger charge is -2.15. The summed E-state index contributed by atoms with van der Waals surface area (Å²) in [7, 11) is 0. The van der Waals surface area contributed by atoms with Crippen molar-refractivity contribution in [2.45, 2.75) is 19.3 Å². The summed E-state index contributed by atoms with van der Waals surface area (Å²) in [5, 5.41) is 0. The predicted molar refractivity (Wildman–Crippen MR) is 67.9 cm³/mol. The minimum Gasteiger partial charge on any atom is -0.488 e. The van der Waals surface area contributed by atoms with E-state index in [1.807, 2.05) is 0 Å². The Bertz CT molecular complexity index is 629. The van der Waals surface area contributed by atoms with Crippen molar-refractivity contribution in [3.8, 4) is 5.75 Å². The second-order valence-electron chi connectivity index (χ2n) is 4.33. The molecule has 2 N–H and O–H groups in total. The lowest BCUT2D eigenvalue weighted by Crippen LogP contribution is -2.10. The molecule has 2 rings (SSSR count). The Hall–Kier alpha value is -2.15. The number of hydrogen-bond donors (Lipinski definition) is 1. The molecule has 0 fully saturated rings. The Morgan fingerprint density at radius 3 is 2.48 bits per heavy atom. The molecule has 7 heteroatoms. The van der Waals surface area contributed by atoms with Crippen molar-refractivity contribution >= 4 is 0 Å². The van der Waals surface area contributed by atoms with E-state index in [-0.39, 0.29) is 18.9 Å². The number of rotatable bonds is 4. The maximum atomic E-state index is 13.0. The summed E-state index contributed by atoms with van der Waals surface area (Å²) in [6.07, 6.45) is -2.23. The van der Waals surface area contributed by atoms with Gasteiger partial charge in [0.2, 0.25) is 0 Å². The number of halogens is 4. The van der Waals surface area contributed by atoms with Crippen LogP contribution in [-0.4, -0.2) is 4.98 Å². The molecule has 0 aliphatic rings. The second-order valence-corrected chi connectivity index (χ2v) is 4.33.